The van der Waals surface area contributed by atoms with E-state index in [-0.39, 0.29) is 5.91 Å². The lowest BCUT2D eigenvalue weighted by Crippen LogP contribution is -2.12. The van der Waals surface area contributed by atoms with Crippen LogP contribution in [0.5, 0.6) is 5.75 Å². The Labute approximate surface area is 128 Å². The fraction of sp³-hybridized carbons (Fsp3) is 0.188. The van der Waals surface area contributed by atoms with Crippen molar-refractivity contribution in [3.05, 3.63) is 58.6 Å². The number of carbonyl (C=O) groups is 1. The van der Waals surface area contributed by atoms with E-state index in [1.807, 2.05) is 19.1 Å². The van der Waals surface area contributed by atoms with Crippen LogP contribution in [0.4, 0.5) is 5.69 Å². The Kier molecular flexibility index (Phi) is 5.20. The van der Waals surface area contributed by atoms with E-state index >= 15 is 0 Å². The predicted molar refractivity (Wildman–Crippen MR) is 84.9 cm³/mol. The van der Waals surface area contributed by atoms with Gasteiger partial charge in [-0.05, 0) is 42.8 Å². The van der Waals surface area contributed by atoms with Crippen molar-refractivity contribution in [2.75, 3.05) is 11.9 Å². The average molecular weight is 305 g/mol. The summed E-state index contributed by atoms with van der Waals surface area (Å²) in [4.78, 5) is 12.1. The molecule has 0 aliphatic rings. The Morgan fingerprint density at radius 2 is 1.95 bits per heavy atom. The van der Waals surface area contributed by atoms with Gasteiger partial charge in [0.1, 0.15) is 5.75 Å². The Bertz CT molecular complexity index is 627. The lowest BCUT2D eigenvalue weighted by molar-refractivity contribution is 0.102. The van der Waals surface area contributed by atoms with Gasteiger partial charge in [-0.15, -0.1) is 0 Å². The van der Waals surface area contributed by atoms with Crippen LogP contribution < -0.4 is 15.8 Å². The van der Waals surface area contributed by atoms with Gasteiger partial charge < -0.3 is 15.8 Å². The maximum atomic E-state index is 12.1. The van der Waals surface area contributed by atoms with Gasteiger partial charge in [-0.3, -0.25) is 4.79 Å². The molecule has 0 radical (unpaired) electrons. The number of nitrogens with two attached hydrogens (primary N) is 1. The van der Waals surface area contributed by atoms with Crippen molar-refractivity contribution in [1.82, 2.24) is 0 Å². The molecular formula is C16H17ClN2O2. The van der Waals surface area contributed by atoms with Crippen molar-refractivity contribution in [3.63, 3.8) is 0 Å². The first-order valence-corrected chi connectivity index (χ1v) is 7.04. The SMILES string of the molecule is CCOc1ccc(NC(=O)c2ccc(CN)cc2)cc1Cl. The van der Waals surface area contributed by atoms with E-state index in [4.69, 9.17) is 22.1 Å². The largest absolute Gasteiger partial charge is 0.492 e. The lowest BCUT2D eigenvalue weighted by atomic mass is 10.1. The number of hydrogen-bond donors (Lipinski definition) is 2. The van der Waals surface area contributed by atoms with Gasteiger partial charge in [-0.2, -0.15) is 0 Å². The maximum absolute atomic E-state index is 12.1. The molecule has 0 bridgehead atoms. The monoisotopic (exact) mass is 304 g/mol. The van der Waals surface area contributed by atoms with E-state index in [0.717, 1.165) is 5.56 Å². The molecule has 110 valence electrons. The molecule has 2 aromatic rings. The van der Waals surface area contributed by atoms with Gasteiger partial charge in [0.15, 0.2) is 0 Å². The minimum atomic E-state index is -0.196. The first-order chi connectivity index (χ1) is 10.1. The fourth-order valence-corrected chi connectivity index (χ4v) is 2.08. The molecule has 0 fully saturated rings. The highest BCUT2D eigenvalue weighted by atomic mass is 35.5. The molecule has 0 aliphatic heterocycles. The van der Waals surface area contributed by atoms with Crippen molar-refractivity contribution >= 4 is 23.2 Å². The quantitative estimate of drug-likeness (QED) is 0.889. The van der Waals surface area contributed by atoms with Gasteiger partial charge in [-0.25, -0.2) is 0 Å². The zero-order chi connectivity index (χ0) is 15.2. The number of carbonyl (C=O) groups excluding carboxylic acids is 1. The second-order valence-electron chi connectivity index (χ2n) is 4.43. The van der Waals surface area contributed by atoms with Gasteiger partial charge in [-0.1, -0.05) is 23.7 Å². The van der Waals surface area contributed by atoms with Crippen molar-refractivity contribution in [3.8, 4) is 5.75 Å². The highest BCUT2D eigenvalue weighted by Gasteiger charge is 2.08. The Balaban J connectivity index is 2.09. The van der Waals surface area contributed by atoms with Crippen LogP contribution in [0.3, 0.4) is 0 Å². The summed E-state index contributed by atoms with van der Waals surface area (Å²) in [6.45, 7) is 2.88. The minimum absolute atomic E-state index is 0.196. The summed E-state index contributed by atoms with van der Waals surface area (Å²) in [7, 11) is 0. The van der Waals surface area contributed by atoms with Crippen LogP contribution in [0.1, 0.15) is 22.8 Å². The zero-order valence-electron chi connectivity index (χ0n) is 11.7. The third-order valence-corrected chi connectivity index (χ3v) is 3.24. The molecule has 0 aliphatic carbocycles. The number of rotatable bonds is 5. The topological polar surface area (TPSA) is 64.3 Å². The smallest absolute Gasteiger partial charge is 0.255 e. The van der Waals surface area contributed by atoms with Crippen LogP contribution in [-0.2, 0) is 6.54 Å². The fourth-order valence-electron chi connectivity index (χ4n) is 1.85. The summed E-state index contributed by atoms with van der Waals surface area (Å²) in [6, 6.07) is 12.3. The molecule has 0 saturated heterocycles. The van der Waals surface area contributed by atoms with Gasteiger partial charge >= 0.3 is 0 Å². The molecule has 0 spiro atoms. The molecule has 0 saturated carbocycles. The van der Waals surface area contributed by atoms with Crippen LogP contribution in [0.2, 0.25) is 5.02 Å². The second kappa shape index (κ2) is 7.11. The van der Waals surface area contributed by atoms with Crippen LogP contribution in [0.15, 0.2) is 42.5 Å². The summed E-state index contributed by atoms with van der Waals surface area (Å²) in [5.74, 6) is 0.406. The van der Waals surface area contributed by atoms with Crippen molar-refractivity contribution < 1.29 is 9.53 Å². The van der Waals surface area contributed by atoms with Gasteiger partial charge in [0, 0.05) is 17.8 Å². The molecule has 21 heavy (non-hydrogen) atoms. The highest BCUT2D eigenvalue weighted by Crippen LogP contribution is 2.27. The number of ether oxygens (including phenoxy) is 1. The molecule has 0 atom stereocenters. The molecule has 5 heteroatoms. The molecule has 1 amide bonds. The van der Waals surface area contributed by atoms with Crippen LogP contribution in [0.25, 0.3) is 0 Å². The summed E-state index contributed by atoms with van der Waals surface area (Å²) in [5, 5.41) is 3.26. The molecule has 3 N–H and O–H groups in total. The van der Waals surface area contributed by atoms with Crippen molar-refractivity contribution in [2.45, 2.75) is 13.5 Å². The molecule has 0 aromatic heterocycles. The highest BCUT2D eigenvalue weighted by molar-refractivity contribution is 6.32. The van der Waals surface area contributed by atoms with E-state index < -0.39 is 0 Å². The maximum Gasteiger partial charge on any atom is 0.255 e. The number of hydrogen-bond acceptors (Lipinski definition) is 3. The van der Waals surface area contributed by atoms with Crippen LogP contribution in [0, 0.1) is 0 Å². The summed E-state index contributed by atoms with van der Waals surface area (Å²) in [6.07, 6.45) is 0. The number of amides is 1. The van der Waals surface area contributed by atoms with Crippen molar-refractivity contribution in [1.29, 1.82) is 0 Å². The molecule has 0 unspecified atom stereocenters. The van der Waals surface area contributed by atoms with Crippen LogP contribution in [-0.4, -0.2) is 12.5 Å². The lowest BCUT2D eigenvalue weighted by Gasteiger charge is -2.09. The molecule has 4 nitrogen and oxygen atoms in total. The summed E-state index contributed by atoms with van der Waals surface area (Å²) in [5.41, 5.74) is 7.70. The minimum Gasteiger partial charge on any atom is -0.492 e. The third-order valence-electron chi connectivity index (χ3n) is 2.94. The number of anilines is 1. The standard InChI is InChI=1S/C16H17ClN2O2/c1-2-21-15-8-7-13(9-14(15)17)19-16(20)12-5-3-11(10-18)4-6-12/h3-9H,2,10,18H2,1H3,(H,19,20). The third kappa shape index (κ3) is 3.97. The summed E-state index contributed by atoms with van der Waals surface area (Å²) < 4.78 is 5.35. The van der Waals surface area contributed by atoms with Gasteiger partial charge in [0.05, 0.1) is 11.6 Å². The second-order valence-corrected chi connectivity index (χ2v) is 4.84. The first-order valence-electron chi connectivity index (χ1n) is 6.66. The predicted octanol–water partition coefficient (Wildman–Crippen LogP) is 3.45. The Hall–Kier alpha value is -2.04. The summed E-state index contributed by atoms with van der Waals surface area (Å²) >= 11 is 6.09. The van der Waals surface area contributed by atoms with E-state index in [9.17, 15) is 4.79 Å². The molecular weight excluding hydrogens is 288 g/mol. The van der Waals surface area contributed by atoms with Gasteiger partial charge in [0.2, 0.25) is 0 Å². The Morgan fingerprint density at radius 1 is 1.24 bits per heavy atom. The zero-order valence-corrected chi connectivity index (χ0v) is 12.5. The molecule has 2 aromatic carbocycles. The van der Waals surface area contributed by atoms with Crippen molar-refractivity contribution in [2.24, 2.45) is 5.73 Å². The van der Waals surface area contributed by atoms with E-state index in [1.54, 1.807) is 30.3 Å². The number of nitrogens with one attached hydrogen (secondary N) is 1. The van der Waals surface area contributed by atoms with E-state index in [2.05, 4.69) is 5.32 Å². The Morgan fingerprint density at radius 3 is 2.52 bits per heavy atom. The molecule has 0 heterocycles. The van der Waals surface area contributed by atoms with E-state index in [1.165, 1.54) is 0 Å². The number of halogens is 1. The first kappa shape index (κ1) is 15.4. The van der Waals surface area contributed by atoms with Crippen LogP contribution >= 0.6 is 11.6 Å². The number of benzene rings is 2. The normalized spacial score (nSPS) is 10.2. The van der Waals surface area contributed by atoms with Gasteiger partial charge in [0.25, 0.3) is 5.91 Å². The molecule has 2 rings (SSSR count). The average Bonchev–Trinajstić information content (AvgIpc) is 2.50. The van der Waals surface area contributed by atoms with E-state index in [0.29, 0.717) is 35.2 Å².